The van der Waals surface area contributed by atoms with Crippen molar-refractivity contribution in [2.24, 2.45) is 11.7 Å². The lowest BCUT2D eigenvalue weighted by molar-refractivity contribution is -0.152. The molecule has 0 bridgehead atoms. The summed E-state index contributed by atoms with van der Waals surface area (Å²) in [6.45, 7) is 3.47. The topological polar surface area (TPSA) is 103 Å². The molecule has 0 aromatic heterocycles. The number of nitrogens with zero attached hydrogens (tertiary/aromatic N) is 1. The van der Waals surface area contributed by atoms with Gasteiger partial charge in [-0.1, -0.05) is 42.0 Å². The van der Waals surface area contributed by atoms with E-state index in [4.69, 9.17) is 15.2 Å². The van der Waals surface area contributed by atoms with Crippen molar-refractivity contribution in [3.8, 4) is 11.1 Å². The van der Waals surface area contributed by atoms with Gasteiger partial charge in [0.05, 0.1) is 20.3 Å². The van der Waals surface area contributed by atoms with Crippen LogP contribution in [0.3, 0.4) is 0 Å². The fourth-order valence-corrected chi connectivity index (χ4v) is 5.25. The van der Waals surface area contributed by atoms with Crippen molar-refractivity contribution in [2.45, 2.75) is 44.4 Å². The van der Waals surface area contributed by atoms with Crippen molar-refractivity contribution in [1.82, 2.24) is 10.2 Å². The van der Waals surface area contributed by atoms with Gasteiger partial charge in [0.2, 0.25) is 5.91 Å². The van der Waals surface area contributed by atoms with Gasteiger partial charge in [0.25, 0.3) is 0 Å². The van der Waals surface area contributed by atoms with Gasteiger partial charge in [-0.3, -0.25) is 4.79 Å². The minimum absolute atomic E-state index is 0.0633. The van der Waals surface area contributed by atoms with Crippen molar-refractivity contribution >= 4 is 12.0 Å². The summed E-state index contributed by atoms with van der Waals surface area (Å²) in [5, 5.41) is 2.60. The van der Waals surface area contributed by atoms with Crippen molar-refractivity contribution in [3.05, 3.63) is 59.4 Å². The number of ether oxygens (including phenoxy) is 3. The molecule has 8 nitrogen and oxygen atoms in total. The van der Waals surface area contributed by atoms with Gasteiger partial charge in [0.15, 0.2) is 0 Å². The Morgan fingerprint density at radius 2 is 2.05 bits per heavy atom. The number of morpholine rings is 1. The second-order valence-corrected chi connectivity index (χ2v) is 9.75. The minimum atomic E-state index is -0.674. The molecular formula is C28H36FN3O5. The molecule has 2 aliphatic rings. The molecule has 1 saturated carbocycles. The van der Waals surface area contributed by atoms with Crippen LogP contribution in [0.15, 0.2) is 42.5 Å². The van der Waals surface area contributed by atoms with E-state index in [-0.39, 0.29) is 36.8 Å². The second-order valence-electron chi connectivity index (χ2n) is 9.75. The zero-order valence-corrected chi connectivity index (χ0v) is 21.5. The van der Waals surface area contributed by atoms with E-state index in [0.717, 1.165) is 24.0 Å². The summed E-state index contributed by atoms with van der Waals surface area (Å²) in [5.74, 6) is -0.354. The summed E-state index contributed by atoms with van der Waals surface area (Å²) in [6.07, 6.45) is 0.589. The quantitative estimate of drug-likeness (QED) is 0.523. The third-order valence-electron chi connectivity index (χ3n) is 7.08. The van der Waals surface area contributed by atoms with E-state index in [2.05, 4.69) is 10.1 Å². The molecule has 3 N–H and O–H groups in total. The van der Waals surface area contributed by atoms with Crippen molar-refractivity contribution < 1.29 is 28.2 Å². The van der Waals surface area contributed by atoms with Crippen molar-refractivity contribution in [3.63, 3.8) is 0 Å². The highest BCUT2D eigenvalue weighted by Crippen LogP contribution is 2.37. The molecule has 2 aromatic carbocycles. The van der Waals surface area contributed by atoms with E-state index in [1.54, 1.807) is 6.07 Å². The van der Waals surface area contributed by atoms with Gasteiger partial charge in [-0.25, -0.2) is 9.18 Å². The Hall–Kier alpha value is -3.01. The molecule has 4 atom stereocenters. The van der Waals surface area contributed by atoms with Crippen LogP contribution in [0.1, 0.15) is 36.5 Å². The number of hydrogen-bond acceptors (Lipinski definition) is 6. The van der Waals surface area contributed by atoms with Gasteiger partial charge in [0.1, 0.15) is 18.0 Å². The van der Waals surface area contributed by atoms with Crippen LogP contribution in [0.25, 0.3) is 11.1 Å². The lowest BCUT2D eigenvalue weighted by Gasteiger charge is -2.38. The molecule has 0 radical (unpaired) electrons. The number of aryl methyl sites for hydroxylation is 1. The maximum atomic E-state index is 15.3. The maximum Gasteiger partial charge on any atom is 0.406 e. The summed E-state index contributed by atoms with van der Waals surface area (Å²) >= 11 is 0. The van der Waals surface area contributed by atoms with Gasteiger partial charge >= 0.3 is 6.09 Å². The van der Waals surface area contributed by atoms with Gasteiger partial charge in [0, 0.05) is 37.2 Å². The SMILES string of the molecule is COC(=O)NCCOC(c1cccc(F)c1-c1cccc(C)c1)[C@@H]1CN(C(=O)[C@@H]2CC[C@H](N)C2)CCO1. The number of benzene rings is 2. The molecule has 1 unspecified atom stereocenters. The van der Waals surface area contributed by atoms with Crippen molar-refractivity contribution in [1.29, 1.82) is 0 Å². The first-order valence-corrected chi connectivity index (χ1v) is 12.8. The number of nitrogens with two attached hydrogens (primary N) is 1. The lowest BCUT2D eigenvalue weighted by Crippen LogP contribution is -2.50. The van der Waals surface area contributed by atoms with Crippen LogP contribution < -0.4 is 11.1 Å². The normalized spacial score (nSPS) is 22.5. The fourth-order valence-electron chi connectivity index (χ4n) is 5.25. The van der Waals surface area contributed by atoms with Gasteiger partial charge in [-0.05, 0) is 43.4 Å². The third-order valence-corrected chi connectivity index (χ3v) is 7.08. The Bertz CT molecular complexity index is 1100. The smallest absolute Gasteiger partial charge is 0.406 e. The van der Waals surface area contributed by atoms with Crippen LogP contribution in [-0.2, 0) is 19.0 Å². The number of amides is 2. The van der Waals surface area contributed by atoms with Crippen molar-refractivity contribution in [2.75, 3.05) is 40.0 Å². The highest BCUT2D eigenvalue weighted by Gasteiger charge is 2.37. The van der Waals surface area contributed by atoms with E-state index < -0.39 is 18.3 Å². The summed E-state index contributed by atoms with van der Waals surface area (Å²) in [7, 11) is 1.29. The number of methoxy groups -OCH3 is 1. The maximum absolute atomic E-state index is 15.3. The monoisotopic (exact) mass is 513 g/mol. The van der Waals surface area contributed by atoms with Gasteiger partial charge < -0.3 is 30.2 Å². The molecule has 4 rings (SSSR count). The minimum Gasteiger partial charge on any atom is -0.453 e. The molecule has 1 heterocycles. The van der Waals surface area contributed by atoms with E-state index >= 15 is 4.39 Å². The van der Waals surface area contributed by atoms with E-state index in [0.29, 0.717) is 37.2 Å². The van der Waals surface area contributed by atoms with Crippen LogP contribution in [0.5, 0.6) is 0 Å². The van der Waals surface area contributed by atoms with Crippen LogP contribution in [0, 0.1) is 18.7 Å². The van der Waals surface area contributed by atoms with Crippen LogP contribution >= 0.6 is 0 Å². The standard InChI is InChI=1S/C28H36FN3O5/c1-18-5-3-6-19(15-18)25-22(7-4-8-23(25)29)26(37-13-11-31-28(34)35-2)24-17-32(12-14-36-24)27(33)20-9-10-21(30)16-20/h3-8,15,20-21,24,26H,9-14,16-17,30H2,1-2H3,(H,31,34)/t20-,21+,24+,26?/m1/s1. The number of rotatable bonds is 8. The molecule has 200 valence electrons. The molecule has 2 amide bonds. The first kappa shape index (κ1) is 27.0. The Kier molecular flexibility index (Phi) is 9.13. The third kappa shape index (κ3) is 6.66. The number of hydrogen-bond donors (Lipinski definition) is 2. The summed E-state index contributed by atoms with van der Waals surface area (Å²) in [4.78, 5) is 26.6. The Balaban J connectivity index is 1.61. The molecule has 1 aliphatic carbocycles. The zero-order valence-electron chi connectivity index (χ0n) is 21.5. The van der Waals surface area contributed by atoms with Gasteiger partial charge in [-0.2, -0.15) is 0 Å². The average molecular weight is 514 g/mol. The molecule has 1 aliphatic heterocycles. The van der Waals surface area contributed by atoms with Crippen LogP contribution in [-0.4, -0.2) is 69.0 Å². The first-order chi connectivity index (χ1) is 17.9. The summed E-state index contributed by atoms with van der Waals surface area (Å²) in [5.41, 5.74) is 8.86. The first-order valence-electron chi connectivity index (χ1n) is 12.8. The molecule has 9 heteroatoms. The lowest BCUT2D eigenvalue weighted by atomic mass is 9.91. The number of nitrogens with one attached hydrogen (secondary N) is 1. The van der Waals surface area contributed by atoms with E-state index in [1.807, 2.05) is 42.2 Å². The fraction of sp³-hybridized carbons (Fsp3) is 0.500. The molecular weight excluding hydrogens is 477 g/mol. The van der Waals surface area contributed by atoms with E-state index in [1.165, 1.54) is 13.2 Å². The summed E-state index contributed by atoms with van der Waals surface area (Å²) < 4.78 is 32.4. The van der Waals surface area contributed by atoms with Crippen LogP contribution in [0.2, 0.25) is 0 Å². The highest BCUT2D eigenvalue weighted by molar-refractivity contribution is 5.79. The van der Waals surface area contributed by atoms with Crippen LogP contribution in [0.4, 0.5) is 9.18 Å². The number of alkyl carbamates (subject to hydrolysis) is 1. The molecule has 2 aromatic rings. The number of carbonyl (C=O) groups excluding carboxylic acids is 2. The Morgan fingerprint density at radius 1 is 1.24 bits per heavy atom. The molecule has 37 heavy (non-hydrogen) atoms. The largest absolute Gasteiger partial charge is 0.453 e. The average Bonchev–Trinajstić information content (AvgIpc) is 3.34. The van der Waals surface area contributed by atoms with E-state index in [9.17, 15) is 9.59 Å². The van der Waals surface area contributed by atoms with Gasteiger partial charge in [-0.15, -0.1) is 0 Å². The predicted octanol–water partition coefficient (Wildman–Crippen LogP) is 3.57. The highest BCUT2D eigenvalue weighted by atomic mass is 19.1. The zero-order chi connectivity index (χ0) is 26.4. The molecule has 2 fully saturated rings. The number of halogens is 1. The second kappa shape index (κ2) is 12.5. The molecule has 0 spiro atoms. The Labute approximate surface area is 217 Å². The predicted molar refractivity (Wildman–Crippen MR) is 137 cm³/mol. The summed E-state index contributed by atoms with van der Waals surface area (Å²) in [6, 6.07) is 12.6. The molecule has 1 saturated heterocycles. The Morgan fingerprint density at radius 3 is 2.78 bits per heavy atom. The number of carbonyl (C=O) groups is 2.